The summed E-state index contributed by atoms with van der Waals surface area (Å²) in [4.78, 5) is 14.6. The van der Waals surface area contributed by atoms with Gasteiger partial charge in [-0.3, -0.25) is 4.57 Å². The fraction of sp³-hybridized carbons (Fsp3) is 0.417. The molecule has 1 aliphatic heterocycles. The van der Waals surface area contributed by atoms with Crippen molar-refractivity contribution in [2.45, 2.75) is 24.6 Å². The van der Waals surface area contributed by atoms with E-state index in [0.717, 1.165) is 0 Å². The Bertz CT molecular complexity index is 791. The number of aromatic amines is 1. The molecule has 102 valence electrons. The molecule has 2 heterocycles. The van der Waals surface area contributed by atoms with Crippen molar-refractivity contribution in [1.29, 1.82) is 0 Å². The third-order valence-electron chi connectivity index (χ3n) is 3.59. The Morgan fingerprint density at radius 3 is 2.89 bits per heavy atom. The van der Waals surface area contributed by atoms with Crippen LogP contribution in [0.4, 0.5) is 0 Å². The summed E-state index contributed by atoms with van der Waals surface area (Å²) in [6, 6.07) is 5.19. The number of nitrogens with zero attached hydrogens (tertiary/aromatic N) is 1. The summed E-state index contributed by atoms with van der Waals surface area (Å²) < 4.78 is 25.2. The summed E-state index contributed by atoms with van der Waals surface area (Å²) in [5.74, 6) is 0.211. The minimum Gasteiger partial charge on any atom is -0.305 e. The number of para-hydroxylation sites is 1. The second-order valence-corrected chi connectivity index (χ2v) is 7.62. The highest BCUT2D eigenvalue weighted by Crippen LogP contribution is 2.25. The SMILES string of the molecule is O=c1[nH]c2cccc(Cl)c2n1CC1CCCS1(=O)=O. The molecule has 1 unspecified atom stereocenters. The topological polar surface area (TPSA) is 71.9 Å². The first-order valence-electron chi connectivity index (χ1n) is 6.07. The van der Waals surface area contributed by atoms with E-state index < -0.39 is 15.1 Å². The molecule has 1 aromatic heterocycles. The maximum Gasteiger partial charge on any atom is 0.326 e. The van der Waals surface area contributed by atoms with Gasteiger partial charge in [0.15, 0.2) is 9.84 Å². The molecule has 7 heteroatoms. The second-order valence-electron chi connectivity index (χ2n) is 4.81. The number of rotatable bonds is 2. The zero-order valence-electron chi connectivity index (χ0n) is 10.1. The first kappa shape index (κ1) is 12.7. The molecule has 1 aliphatic rings. The Kier molecular flexibility index (Phi) is 2.94. The van der Waals surface area contributed by atoms with E-state index in [1.165, 1.54) is 4.57 Å². The average molecular weight is 301 g/mol. The van der Waals surface area contributed by atoms with Crippen LogP contribution in [0, 0.1) is 0 Å². The van der Waals surface area contributed by atoms with Crippen LogP contribution in [0.15, 0.2) is 23.0 Å². The van der Waals surface area contributed by atoms with Crippen molar-refractivity contribution in [2.75, 3.05) is 5.75 Å². The molecular weight excluding hydrogens is 288 g/mol. The van der Waals surface area contributed by atoms with Crippen molar-refractivity contribution in [3.8, 4) is 0 Å². The van der Waals surface area contributed by atoms with Crippen molar-refractivity contribution in [2.24, 2.45) is 0 Å². The number of aromatic nitrogens is 2. The number of nitrogens with one attached hydrogen (secondary N) is 1. The van der Waals surface area contributed by atoms with Gasteiger partial charge >= 0.3 is 5.69 Å². The predicted octanol–water partition coefficient (Wildman–Crippen LogP) is 1.56. The lowest BCUT2D eigenvalue weighted by Crippen LogP contribution is -2.28. The van der Waals surface area contributed by atoms with Gasteiger partial charge in [-0.15, -0.1) is 0 Å². The van der Waals surface area contributed by atoms with Crippen LogP contribution in [0.5, 0.6) is 0 Å². The number of sulfone groups is 1. The quantitative estimate of drug-likeness (QED) is 0.915. The van der Waals surface area contributed by atoms with Gasteiger partial charge in [-0.05, 0) is 25.0 Å². The van der Waals surface area contributed by atoms with Gasteiger partial charge < -0.3 is 4.98 Å². The standard InChI is InChI=1S/C12H13ClN2O3S/c13-9-4-1-5-10-11(9)15(12(16)14-10)7-8-3-2-6-19(8,17)18/h1,4-5,8H,2-3,6-7H2,(H,14,16). The summed E-state index contributed by atoms with van der Waals surface area (Å²) in [5, 5.41) is -0.0354. The van der Waals surface area contributed by atoms with E-state index in [4.69, 9.17) is 11.6 Å². The lowest BCUT2D eigenvalue weighted by molar-refractivity contribution is 0.566. The Labute approximate surface area is 115 Å². The number of imidazole rings is 1. The molecule has 1 aromatic carbocycles. The van der Waals surface area contributed by atoms with Gasteiger partial charge in [0.2, 0.25) is 0 Å². The van der Waals surface area contributed by atoms with Crippen LogP contribution in [0.3, 0.4) is 0 Å². The predicted molar refractivity (Wildman–Crippen MR) is 74.4 cm³/mol. The Balaban J connectivity index is 2.11. The fourth-order valence-corrected chi connectivity index (χ4v) is 4.70. The van der Waals surface area contributed by atoms with Gasteiger partial charge in [0.25, 0.3) is 0 Å². The lowest BCUT2D eigenvalue weighted by Gasteiger charge is -2.10. The largest absolute Gasteiger partial charge is 0.326 e. The third-order valence-corrected chi connectivity index (χ3v) is 6.16. The molecule has 1 atom stereocenters. The maximum absolute atomic E-state index is 11.9. The smallest absolute Gasteiger partial charge is 0.305 e. The van der Waals surface area contributed by atoms with E-state index in [2.05, 4.69) is 4.98 Å². The van der Waals surface area contributed by atoms with Crippen LogP contribution in [0.25, 0.3) is 11.0 Å². The molecule has 2 aromatic rings. The van der Waals surface area contributed by atoms with E-state index in [-0.39, 0.29) is 18.0 Å². The third kappa shape index (κ3) is 2.08. The van der Waals surface area contributed by atoms with Crippen molar-refractivity contribution in [3.05, 3.63) is 33.7 Å². The molecule has 19 heavy (non-hydrogen) atoms. The summed E-state index contributed by atoms with van der Waals surface area (Å²) in [5.41, 5.74) is 0.898. The van der Waals surface area contributed by atoms with E-state index in [1.807, 2.05) is 0 Å². The first-order chi connectivity index (χ1) is 8.99. The average Bonchev–Trinajstić information content (AvgIpc) is 2.82. The van der Waals surface area contributed by atoms with Gasteiger partial charge in [-0.25, -0.2) is 13.2 Å². The number of halogens is 1. The molecular formula is C12H13ClN2O3S. The zero-order valence-corrected chi connectivity index (χ0v) is 11.7. The molecule has 0 spiro atoms. The van der Waals surface area contributed by atoms with Crippen LogP contribution in [-0.4, -0.2) is 29.0 Å². The zero-order chi connectivity index (χ0) is 13.6. The van der Waals surface area contributed by atoms with Gasteiger partial charge in [0.05, 0.1) is 27.1 Å². The number of hydrogen-bond acceptors (Lipinski definition) is 3. The Morgan fingerprint density at radius 2 is 2.21 bits per heavy atom. The minimum absolute atomic E-state index is 0.172. The van der Waals surface area contributed by atoms with Crippen molar-refractivity contribution >= 4 is 32.5 Å². The highest BCUT2D eigenvalue weighted by atomic mass is 35.5. The molecule has 0 aliphatic carbocycles. The summed E-state index contributed by atoms with van der Waals surface area (Å²) in [6.45, 7) is 0.172. The number of hydrogen-bond donors (Lipinski definition) is 1. The Morgan fingerprint density at radius 1 is 1.42 bits per heavy atom. The fourth-order valence-electron chi connectivity index (χ4n) is 2.62. The molecule has 0 saturated carbocycles. The van der Waals surface area contributed by atoms with E-state index in [9.17, 15) is 13.2 Å². The molecule has 1 fully saturated rings. The monoisotopic (exact) mass is 300 g/mol. The summed E-state index contributed by atoms with van der Waals surface area (Å²) in [7, 11) is -3.08. The molecule has 1 saturated heterocycles. The highest BCUT2D eigenvalue weighted by Gasteiger charge is 2.32. The summed E-state index contributed by atoms with van der Waals surface area (Å²) in [6.07, 6.45) is 1.27. The van der Waals surface area contributed by atoms with Crippen LogP contribution in [0.1, 0.15) is 12.8 Å². The highest BCUT2D eigenvalue weighted by molar-refractivity contribution is 7.92. The number of benzene rings is 1. The van der Waals surface area contributed by atoms with E-state index >= 15 is 0 Å². The molecule has 0 amide bonds. The molecule has 1 N–H and O–H groups in total. The van der Waals surface area contributed by atoms with Crippen molar-refractivity contribution in [3.63, 3.8) is 0 Å². The van der Waals surface area contributed by atoms with Crippen LogP contribution in [-0.2, 0) is 16.4 Å². The number of fused-ring (bicyclic) bond motifs is 1. The second kappa shape index (κ2) is 4.38. The van der Waals surface area contributed by atoms with E-state index in [0.29, 0.717) is 28.9 Å². The van der Waals surface area contributed by atoms with Crippen LogP contribution < -0.4 is 5.69 Å². The molecule has 0 radical (unpaired) electrons. The minimum atomic E-state index is -3.08. The summed E-state index contributed by atoms with van der Waals surface area (Å²) >= 11 is 6.10. The Hall–Kier alpha value is -1.27. The van der Waals surface area contributed by atoms with Crippen molar-refractivity contribution < 1.29 is 8.42 Å². The number of H-pyrrole nitrogens is 1. The first-order valence-corrected chi connectivity index (χ1v) is 8.17. The lowest BCUT2D eigenvalue weighted by atomic mass is 10.2. The van der Waals surface area contributed by atoms with Gasteiger partial charge in [-0.1, -0.05) is 17.7 Å². The van der Waals surface area contributed by atoms with Gasteiger partial charge in [0.1, 0.15) is 0 Å². The van der Waals surface area contributed by atoms with Crippen molar-refractivity contribution in [1.82, 2.24) is 9.55 Å². The van der Waals surface area contributed by atoms with Crippen LogP contribution in [0.2, 0.25) is 5.02 Å². The van der Waals surface area contributed by atoms with Gasteiger partial charge in [0, 0.05) is 6.54 Å². The van der Waals surface area contributed by atoms with Gasteiger partial charge in [-0.2, -0.15) is 0 Å². The maximum atomic E-state index is 11.9. The molecule has 3 rings (SSSR count). The molecule has 0 bridgehead atoms. The van der Waals surface area contributed by atoms with E-state index in [1.54, 1.807) is 18.2 Å². The molecule has 5 nitrogen and oxygen atoms in total. The normalized spacial score (nSPS) is 22.1. The van der Waals surface area contributed by atoms with Crippen LogP contribution >= 0.6 is 11.6 Å².